The van der Waals surface area contributed by atoms with Gasteiger partial charge in [-0.15, -0.1) is 11.8 Å². The molecule has 2 aromatic carbocycles. The van der Waals surface area contributed by atoms with E-state index in [4.69, 9.17) is 23.2 Å². The highest BCUT2D eigenvalue weighted by atomic mass is 35.5. The van der Waals surface area contributed by atoms with E-state index in [-0.39, 0.29) is 28.2 Å². The molecule has 0 aliphatic rings. The van der Waals surface area contributed by atoms with Gasteiger partial charge in [-0.1, -0.05) is 65.7 Å². The van der Waals surface area contributed by atoms with Gasteiger partial charge in [-0.05, 0) is 6.07 Å². The van der Waals surface area contributed by atoms with E-state index in [0.29, 0.717) is 16.1 Å². The maximum Gasteiger partial charge on any atom is 0.231 e. The summed E-state index contributed by atoms with van der Waals surface area (Å²) in [5, 5.41) is 12.4. The van der Waals surface area contributed by atoms with E-state index in [0.717, 1.165) is 0 Å². The number of rotatable bonds is 7. The van der Waals surface area contributed by atoms with Gasteiger partial charge < -0.3 is 5.32 Å². The quantitative estimate of drug-likeness (QED) is 0.713. The van der Waals surface area contributed by atoms with Gasteiger partial charge in [0.25, 0.3) is 0 Å². The van der Waals surface area contributed by atoms with Gasteiger partial charge in [0.1, 0.15) is 6.04 Å². The van der Waals surface area contributed by atoms with Crippen LogP contribution < -0.4 is 5.32 Å². The van der Waals surface area contributed by atoms with Crippen molar-refractivity contribution in [2.24, 2.45) is 0 Å². The highest BCUT2D eigenvalue weighted by molar-refractivity contribution is 8.00. The summed E-state index contributed by atoms with van der Waals surface area (Å²) in [6.07, 6.45) is 0. The van der Waals surface area contributed by atoms with Gasteiger partial charge in [0.15, 0.2) is 5.78 Å². The first-order chi connectivity index (χ1) is 12.0. The predicted molar refractivity (Wildman–Crippen MR) is 101 cm³/mol. The van der Waals surface area contributed by atoms with Crippen LogP contribution in [0.3, 0.4) is 0 Å². The van der Waals surface area contributed by atoms with Gasteiger partial charge in [-0.25, -0.2) is 0 Å². The summed E-state index contributed by atoms with van der Waals surface area (Å²) in [7, 11) is 0. The molecule has 0 saturated carbocycles. The molecular weight excluding hydrogens is 379 g/mol. The topological polar surface area (TPSA) is 70.0 Å². The van der Waals surface area contributed by atoms with Crippen LogP contribution in [0.4, 0.5) is 0 Å². The molecule has 0 unspecified atom stereocenters. The zero-order valence-corrected chi connectivity index (χ0v) is 15.4. The van der Waals surface area contributed by atoms with Gasteiger partial charge >= 0.3 is 0 Å². The first kappa shape index (κ1) is 19.3. The van der Waals surface area contributed by atoms with Gasteiger partial charge in [0.05, 0.1) is 27.6 Å². The molecule has 2 aromatic rings. The zero-order valence-electron chi connectivity index (χ0n) is 13.0. The molecule has 0 saturated heterocycles. The molecule has 0 radical (unpaired) electrons. The van der Waals surface area contributed by atoms with Crippen LogP contribution in [0.5, 0.6) is 0 Å². The van der Waals surface area contributed by atoms with Crippen LogP contribution >= 0.6 is 35.0 Å². The fraction of sp³-hybridized carbons (Fsp3) is 0.167. The SMILES string of the molecule is N#C[C@H](NC(=O)CSCC(=O)c1ccccc1)c1cccc(Cl)c1Cl. The summed E-state index contributed by atoms with van der Waals surface area (Å²) < 4.78 is 0. The highest BCUT2D eigenvalue weighted by Gasteiger charge is 2.18. The molecule has 0 fully saturated rings. The Morgan fingerprint density at radius 2 is 1.80 bits per heavy atom. The molecule has 0 aliphatic heterocycles. The summed E-state index contributed by atoms with van der Waals surface area (Å²) >= 11 is 13.2. The predicted octanol–water partition coefficient (Wildman–Crippen LogP) is 4.29. The van der Waals surface area contributed by atoms with Crippen LogP contribution in [-0.4, -0.2) is 23.2 Å². The molecule has 7 heteroatoms. The number of carbonyl (C=O) groups is 2. The Balaban J connectivity index is 1.88. The molecule has 0 heterocycles. The minimum atomic E-state index is -0.899. The third-order valence-electron chi connectivity index (χ3n) is 3.29. The Hall–Kier alpha value is -2.00. The van der Waals surface area contributed by atoms with E-state index < -0.39 is 6.04 Å². The third kappa shape index (κ3) is 5.50. The van der Waals surface area contributed by atoms with E-state index >= 15 is 0 Å². The maximum atomic E-state index is 12.0. The number of carbonyl (C=O) groups excluding carboxylic acids is 2. The number of nitrogens with one attached hydrogen (secondary N) is 1. The third-order valence-corrected chi connectivity index (χ3v) is 5.06. The van der Waals surface area contributed by atoms with Gasteiger partial charge in [0, 0.05) is 11.1 Å². The molecule has 4 nitrogen and oxygen atoms in total. The molecule has 0 aliphatic carbocycles. The number of nitriles is 1. The van der Waals surface area contributed by atoms with Crippen molar-refractivity contribution in [2.45, 2.75) is 6.04 Å². The van der Waals surface area contributed by atoms with E-state index in [2.05, 4.69) is 5.32 Å². The van der Waals surface area contributed by atoms with Gasteiger partial charge in [-0.2, -0.15) is 5.26 Å². The molecule has 1 atom stereocenters. The van der Waals surface area contributed by atoms with Crippen LogP contribution in [0.2, 0.25) is 10.0 Å². The van der Waals surface area contributed by atoms with Gasteiger partial charge in [0.2, 0.25) is 5.91 Å². The van der Waals surface area contributed by atoms with Crippen LogP contribution in [0, 0.1) is 11.3 Å². The van der Waals surface area contributed by atoms with Crippen molar-refractivity contribution in [3.63, 3.8) is 0 Å². The molecule has 128 valence electrons. The Morgan fingerprint density at radius 3 is 2.48 bits per heavy atom. The van der Waals surface area contributed by atoms with Crippen LogP contribution in [0.15, 0.2) is 48.5 Å². The zero-order chi connectivity index (χ0) is 18.2. The van der Waals surface area contributed by atoms with Crippen molar-refractivity contribution in [3.05, 3.63) is 69.7 Å². The molecule has 0 bridgehead atoms. The van der Waals surface area contributed by atoms with Crippen molar-refractivity contribution >= 4 is 46.7 Å². The second-order valence-electron chi connectivity index (χ2n) is 5.05. The van der Waals surface area contributed by atoms with E-state index in [1.165, 1.54) is 11.8 Å². The standard InChI is InChI=1S/C18H14Cl2N2O2S/c19-14-8-4-7-13(18(14)20)15(9-21)22-17(24)11-25-10-16(23)12-5-2-1-3-6-12/h1-8,15H,10-11H2,(H,22,24)/t15-/m0/s1. The summed E-state index contributed by atoms with van der Waals surface area (Å²) in [4.78, 5) is 24.0. The lowest BCUT2D eigenvalue weighted by molar-refractivity contribution is -0.118. The molecular formula is C18H14Cl2N2O2S. The molecule has 0 aromatic heterocycles. The fourth-order valence-electron chi connectivity index (χ4n) is 2.07. The Kier molecular flexibility index (Phi) is 7.32. The first-order valence-corrected chi connectivity index (χ1v) is 9.23. The number of hydrogen-bond acceptors (Lipinski definition) is 4. The minimum absolute atomic E-state index is 0.0480. The summed E-state index contributed by atoms with van der Waals surface area (Å²) in [5.74, 6) is -0.150. The van der Waals surface area contributed by atoms with E-state index in [1.807, 2.05) is 12.1 Å². The Bertz CT molecular complexity index is 806. The average Bonchev–Trinajstić information content (AvgIpc) is 2.63. The smallest absolute Gasteiger partial charge is 0.231 e. The second-order valence-corrected chi connectivity index (χ2v) is 6.83. The maximum absolute atomic E-state index is 12.0. The normalized spacial score (nSPS) is 11.4. The number of hydrogen-bond donors (Lipinski definition) is 1. The Morgan fingerprint density at radius 1 is 1.08 bits per heavy atom. The molecule has 25 heavy (non-hydrogen) atoms. The second kappa shape index (κ2) is 9.47. The highest BCUT2D eigenvalue weighted by Crippen LogP contribution is 2.29. The fourth-order valence-corrected chi connectivity index (χ4v) is 3.21. The molecule has 2 rings (SSSR count). The summed E-state index contributed by atoms with van der Waals surface area (Å²) in [5.41, 5.74) is 1.05. The van der Waals surface area contributed by atoms with Crippen molar-refractivity contribution in [3.8, 4) is 6.07 Å². The lowest BCUT2D eigenvalue weighted by Crippen LogP contribution is -2.29. The summed E-state index contributed by atoms with van der Waals surface area (Å²) in [6.45, 7) is 0. The Labute approximate surface area is 160 Å². The van der Waals surface area contributed by atoms with Gasteiger partial charge in [-0.3, -0.25) is 9.59 Å². The van der Waals surface area contributed by atoms with Crippen LogP contribution in [-0.2, 0) is 4.79 Å². The number of ketones is 1. The first-order valence-electron chi connectivity index (χ1n) is 7.32. The average molecular weight is 393 g/mol. The minimum Gasteiger partial charge on any atom is -0.336 e. The molecule has 0 spiro atoms. The van der Waals surface area contributed by atoms with E-state index in [9.17, 15) is 14.9 Å². The molecule has 1 N–H and O–H groups in total. The lowest BCUT2D eigenvalue weighted by Gasteiger charge is -2.14. The largest absolute Gasteiger partial charge is 0.336 e. The monoisotopic (exact) mass is 392 g/mol. The molecule has 1 amide bonds. The number of amides is 1. The number of halogens is 2. The lowest BCUT2D eigenvalue weighted by atomic mass is 10.1. The van der Waals surface area contributed by atoms with Crippen LogP contribution in [0.25, 0.3) is 0 Å². The van der Waals surface area contributed by atoms with E-state index in [1.54, 1.807) is 42.5 Å². The van der Waals surface area contributed by atoms with Crippen molar-refractivity contribution in [2.75, 3.05) is 11.5 Å². The number of benzene rings is 2. The summed E-state index contributed by atoms with van der Waals surface area (Å²) in [6, 6.07) is 14.9. The van der Waals surface area contributed by atoms with Crippen molar-refractivity contribution < 1.29 is 9.59 Å². The number of Topliss-reactive ketones (excluding diaryl/α,β-unsaturated/α-hetero) is 1. The van der Waals surface area contributed by atoms with Crippen molar-refractivity contribution in [1.82, 2.24) is 5.32 Å². The van der Waals surface area contributed by atoms with Crippen LogP contribution in [0.1, 0.15) is 22.0 Å². The number of nitrogens with zero attached hydrogens (tertiary/aromatic N) is 1. The number of thioether (sulfide) groups is 1. The van der Waals surface area contributed by atoms with Crippen molar-refractivity contribution in [1.29, 1.82) is 5.26 Å².